The van der Waals surface area contributed by atoms with Crippen molar-refractivity contribution in [2.45, 2.75) is 25.2 Å². The van der Waals surface area contributed by atoms with Crippen molar-refractivity contribution >= 4 is 43.5 Å². The standard InChI is InChI=1S/C25H35N5O4S.C25H34N4O5S/c1-27(11-12-28-13-15-29(16-14-28)24-19-34-20-24)35(32,33)30(23-5-3-2-4-6-23)18-21-7-9-22(10-8-21)25(31)17-26;1-26(12-13-27-14-16-28(17-15-27)24-19-34-20-24)35(31,32)29(23-6-4-3-5-7-23)18-21-8-10-22(11-9-21)25(30)33-2/h2-10,24H,11-20,26H2,1H3;3-11,24H,12-20H2,1-2H3. The minimum absolute atomic E-state index is 0.0568. The van der Waals surface area contributed by atoms with E-state index in [-0.39, 0.29) is 25.4 Å². The summed E-state index contributed by atoms with van der Waals surface area (Å²) in [7, 11) is -2.96. The first-order valence-electron chi connectivity index (χ1n) is 23.9. The number of benzene rings is 4. The van der Waals surface area contributed by atoms with Crippen LogP contribution in [0, 0.1) is 0 Å². The molecule has 0 spiro atoms. The van der Waals surface area contributed by atoms with Gasteiger partial charge < -0.3 is 19.9 Å². The number of hydrogen-bond donors (Lipinski definition) is 1. The van der Waals surface area contributed by atoms with E-state index in [1.165, 1.54) is 24.3 Å². The van der Waals surface area contributed by atoms with Crippen molar-refractivity contribution in [3.05, 3.63) is 131 Å². The van der Waals surface area contributed by atoms with Crippen molar-refractivity contribution in [1.29, 1.82) is 0 Å². The quantitative estimate of drug-likeness (QED) is 0.0951. The third kappa shape index (κ3) is 13.8. The molecule has 4 aromatic rings. The molecule has 0 radical (unpaired) electrons. The zero-order chi connectivity index (χ0) is 49.7. The zero-order valence-corrected chi connectivity index (χ0v) is 42.3. The van der Waals surface area contributed by atoms with Crippen molar-refractivity contribution in [3.63, 3.8) is 0 Å². The van der Waals surface area contributed by atoms with Crippen molar-refractivity contribution in [2.75, 3.05) is 141 Å². The lowest BCUT2D eigenvalue weighted by Gasteiger charge is -2.42. The summed E-state index contributed by atoms with van der Waals surface area (Å²) in [5.74, 6) is -0.573. The number of rotatable bonds is 21. The summed E-state index contributed by atoms with van der Waals surface area (Å²) in [5.41, 5.74) is 9.14. The normalized spacial score (nSPS) is 17.9. The molecule has 380 valence electrons. The van der Waals surface area contributed by atoms with Crippen LogP contribution in [0.1, 0.15) is 31.8 Å². The molecule has 4 saturated heterocycles. The number of anilines is 2. The number of para-hydroxylation sites is 2. The highest BCUT2D eigenvalue weighted by molar-refractivity contribution is 7.90. The Kier molecular flexibility index (Phi) is 18.9. The Labute approximate surface area is 414 Å². The van der Waals surface area contributed by atoms with Crippen LogP contribution in [-0.2, 0) is 47.7 Å². The third-order valence-electron chi connectivity index (χ3n) is 13.5. The minimum atomic E-state index is -3.78. The second-order valence-corrected chi connectivity index (χ2v) is 21.9. The van der Waals surface area contributed by atoms with Gasteiger partial charge in [0.1, 0.15) is 0 Å². The Bertz CT molecular complexity index is 2310. The van der Waals surface area contributed by atoms with Crippen LogP contribution in [0.3, 0.4) is 0 Å². The van der Waals surface area contributed by atoms with Gasteiger partial charge in [-0.2, -0.15) is 25.4 Å². The maximum atomic E-state index is 13.7. The van der Waals surface area contributed by atoms with Gasteiger partial charge in [0.15, 0.2) is 5.78 Å². The zero-order valence-electron chi connectivity index (χ0n) is 40.6. The number of piperazine rings is 2. The number of hydrogen-bond acceptors (Lipinski definition) is 14. The minimum Gasteiger partial charge on any atom is -0.465 e. The molecule has 0 aliphatic carbocycles. The van der Waals surface area contributed by atoms with Gasteiger partial charge in [-0.25, -0.2) is 4.79 Å². The molecular weight excluding hydrogens is 935 g/mol. The number of nitrogens with two attached hydrogens (primary N) is 1. The molecule has 4 heterocycles. The van der Waals surface area contributed by atoms with E-state index in [0.717, 1.165) is 89.9 Å². The number of carbonyl (C=O) groups is 2. The van der Waals surface area contributed by atoms with E-state index in [2.05, 4.69) is 19.6 Å². The average molecular weight is 1000 g/mol. The van der Waals surface area contributed by atoms with Gasteiger partial charge in [-0.1, -0.05) is 72.8 Å². The van der Waals surface area contributed by atoms with Gasteiger partial charge in [0.05, 0.1) is 82.2 Å². The summed E-state index contributed by atoms with van der Waals surface area (Å²) in [6.45, 7) is 13.4. The van der Waals surface area contributed by atoms with Crippen molar-refractivity contribution in [3.8, 4) is 0 Å². The van der Waals surface area contributed by atoms with E-state index < -0.39 is 26.4 Å². The molecule has 4 aliphatic rings. The van der Waals surface area contributed by atoms with Gasteiger partial charge in [-0.3, -0.25) is 33.0 Å². The molecule has 0 aromatic heterocycles. The highest BCUT2D eigenvalue weighted by atomic mass is 32.2. The first-order valence-corrected chi connectivity index (χ1v) is 26.7. The average Bonchev–Trinajstić information content (AvgIpc) is 3.36. The third-order valence-corrected chi connectivity index (χ3v) is 17.2. The van der Waals surface area contributed by atoms with Crippen LogP contribution in [-0.4, -0.2) is 202 Å². The topological polar surface area (TPSA) is 182 Å². The molecular formula is C50H69N9O9S2. The highest BCUT2D eigenvalue weighted by Crippen LogP contribution is 2.25. The van der Waals surface area contributed by atoms with E-state index in [9.17, 15) is 26.4 Å². The Hall–Kier alpha value is -4.84. The predicted molar refractivity (Wildman–Crippen MR) is 271 cm³/mol. The lowest BCUT2D eigenvalue weighted by Crippen LogP contribution is -2.57. The summed E-state index contributed by atoms with van der Waals surface area (Å²) in [4.78, 5) is 33.1. The van der Waals surface area contributed by atoms with Gasteiger partial charge in [-0.15, -0.1) is 0 Å². The summed E-state index contributed by atoms with van der Waals surface area (Å²) in [6, 6.07) is 33.0. The molecule has 20 heteroatoms. The summed E-state index contributed by atoms with van der Waals surface area (Å²) in [6.07, 6.45) is 0. The molecule has 2 N–H and O–H groups in total. The second kappa shape index (κ2) is 25.0. The lowest BCUT2D eigenvalue weighted by atomic mass is 10.1. The van der Waals surface area contributed by atoms with Gasteiger partial charge in [-0.05, 0) is 47.5 Å². The van der Waals surface area contributed by atoms with Crippen LogP contribution in [0.2, 0.25) is 0 Å². The van der Waals surface area contributed by atoms with Crippen LogP contribution >= 0.6 is 0 Å². The maximum Gasteiger partial charge on any atom is 0.337 e. The van der Waals surface area contributed by atoms with Crippen molar-refractivity contribution < 1.29 is 40.6 Å². The summed E-state index contributed by atoms with van der Waals surface area (Å²) >= 11 is 0. The van der Waals surface area contributed by atoms with Crippen LogP contribution in [0.4, 0.5) is 11.4 Å². The van der Waals surface area contributed by atoms with Crippen molar-refractivity contribution in [2.24, 2.45) is 5.73 Å². The molecule has 0 bridgehead atoms. The Morgan fingerprint density at radius 1 is 0.571 bits per heavy atom. The van der Waals surface area contributed by atoms with E-state index in [1.54, 1.807) is 86.9 Å². The molecule has 8 rings (SSSR count). The van der Waals surface area contributed by atoms with Gasteiger partial charge in [0, 0.05) is 98.2 Å². The number of carbonyl (C=O) groups excluding carboxylic acids is 2. The van der Waals surface area contributed by atoms with Crippen LogP contribution in [0.25, 0.3) is 0 Å². The molecule has 0 atom stereocenters. The molecule has 4 aliphatic heterocycles. The number of ether oxygens (including phenoxy) is 3. The fourth-order valence-electron chi connectivity index (χ4n) is 8.61. The van der Waals surface area contributed by atoms with Crippen molar-refractivity contribution in [1.82, 2.24) is 28.2 Å². The molecule has 0 unspecified atom stereocenters. The van der Waals surface area contributed by atoms with Crippen LogP contribution < -0.4 is 14.3 Å². The number of methoxy groups -OCH3 is 1. The number of ketones is 1. The summed E-state index contributed by atoms with van der Waals surface area (Å²) < 4.78 is 75.7. The summed E-state index contributed by atoms with van der Waals surface area (Å²) in [5, 5.41) is 0. The van der Waals surface area contributed by atoms with Crippen LogP contribution in [0.5, 0.6) is 0 Å². The van der Waals surface area contributed by atoms with E-state index >= 15 is 0 Å². The molecule has 4 fully saturated rings. The lowest BCUT2D eigenvalue weighted by molar-refractivity contribution is -0.0768. The molecule has 0 saturated carbocycles. The molecule has 70 heavy (non-hydrogen) atoms. The number of Topliss-reactive ketones (excluding diaryl/α,β-unsaturated/α-hetero) is 1. The number of esters is 1. The van der Waals surface area contributed by atoms with E-state index in [4.69, 9.17) is 19.9 Å². The highest BCUT2D eigenvalue weighted by Gasteiger charge is 2.33. The fourth-order valence-corrected chi connectivity index (χ4v) is 11.3. The van der Waals surface area contributed by atoms with E-state index in [0.29, 0.717) is 60.8 Å². The van der Waals surface area contributed by atoms with Gasteiger partial charge in [0.25, 0.3) is 0 Å². The Balaban J connectivity index is 0.000000206. The smallest absolute Gasteiger partial charge is 0.337 e. The first-order chi connectivity index (χ1) is 33.8. The molecule has 4 aromatic carbocycles. The van der Waals surface area contributed by atoms with Crippen LogP contribution in [0.15, 0.2) is 109 Å². The Morgan fingerprint density at radius 2 is 0.943 bits per heavy atom. The second-order valence-electron chi connectivity index (χ2n) is 18.0. The number of nitrogens with zero attached hydrogens (tertiary/aromatic N) is 8. The predicted octanol–water partition coefficient (Wildman–Crippen LogP) is 2.70. The molecule has 0 amide bonds. The van der Waals surface area contributed by atoms with Gasteiger partial charge >= 0.3 is 26.4 Å². The molecule has 18 nitrogen and oxygen atoms in total. The van der Waals surface area contributed by atoms with E-state index in [1.807, 2.05) is 36.4 Å². The fraction of sp³-hybridized carbons (Fsp3) is 0.480. The maximum absolute atomic E-state index is 13.7. The largest absolute Gasteiger partial charge is 0.465 e. The Morgan fingerprint density at radius 3 is 1.27 bits per heavy atom. The monoisotopic (exact) mass is 1000 g/mol. The van der Waals surface area contributed by atoms with Gasteiger partial charge in [0.2, 0.25) is 0 Å². The SMILES string of the molecule is CN(CCN1CCN(C2COC2)CC1)S(=O)(=O)N(Cc1ccc(C(=O)CN)cc1)c1ccccc1.COC(=O)c1ccc(CN(c2ccccc2)S(=O)(=O)N(C)CCN2CCN(C3COC3)CC2)cc1. The first kappa shape index (κ1) is 53.0. The number of likely N-dealkylation sites (N-methyl/N-ethyl adjacent to an activating group) is 2.